The summed E-state index contributed by atoms with van der Waals surface area (Å²) in [7, 11) is -3.48. The summed E-state index contributed by atoms with van der Waals surface area (Å²) >= 11 is 0. The van der Waals surface area contributed by atoms with Crippen LogP contribution in [0.1, 0.15) is 36.8 Å². The molecule has 2 saturated heterocycles. The van der Waals surface area contributed by atoms with Gasteiger partial charge in [0.25, 0.3) is 0 Å². The highest BCUT2D eigenvalue weighted by Crippen LogP contribution is 2.31. The Kier molecular flexibility index (Phi) is 5.51. The molecule has 32 heavy (non-hydrogen) atoms. The molecule has 2 aliphatic heterocycles. The minimum atomic E-state index is -3.48. The average molecular weight is 454 g/mol. The van der Waals surface area contributed by atoms with Gasteiger partial charge in [-0.1, -0.05) is 6.07 Å². The monoisotopic (exact) mass is 453 g/mol. The molecular weight excluding hydrogens is 426 g/mol. The van der Waals surface area contributed by atoms with E-state index in [1.54, 1.807) is 17.0 Å². The first kappa shape index (κ1) is 21.2. The van der Waals surface area contributed by atoms with Gasteiger partial charge in [-0.2, -0.15) is 4.31 Å². The number of nitrogens with one attached hydrogen (secondary N) is 1. The first-order valence-electron chi connectivity index (χ1n) is 11.2. The predicted octanol–water partition coefficient (Wildman–Crippen LogP) is 2.95. The third-order valence-corrected chi connectivity index (χ3v) is 8.63. The van der Waals surface area contributed by atoms with Gasteiger partial charge in [0.1, 0.15) is 0 Å². The molecule has 1 N–H and O–H groups in total. The summed E-state index contributed by atoms with van der Waals surface area (Å²) in [6, 6.07) is 12.4. The first-order valence-corrected chi connectivity index (χ1v) is 12.7. The molecule has 7 nitrogen and oxygen atoms in total. The lowest BCUT2D eigenvalue weighted by Crippen LogP contribution is -2.28. The zero-order chi connectivity index (χ0) is 22.3. The molecule has 0 saturated carbocycles. The maximum Gasteiger partial charge on any atom is 0.243 e. The number of benzene rings is 2. The molecule has 1 unspecified atom stereocenters. The summed E-state index contributed by atoms with van der Waals surface area (Å²) in [5.74, 6) is -0.712. The quantitative estimate of drug-likeness (QED) is 0.754. The average Bonchev–Trinajstić information content (AvgIpc) is 3.54. The Morgan fingerprint density at radius 2 is 1.66 bits per heavy atom. The van der Waals surface area contributed by atoms with Gasteiger partial charge in [-0.05, 0) is 79.6 Å². The number of hydrogen-bond acceptors (Lipinski definition) is 4. The van der Waals surface area contributed by atoms with Gasteiger partial charge in [0.2, 0.25) is 21.8 Å². The van der Waals surface area contributed by atoms with Gasteiger partial charge in [0.15, 0.2) is 0 Å². The third-order valence-electron chi connectivity index (χ3n) is 6.71. The van der Waals surface area contributed by atoms with E-state index >= 15 is 0 Å². The van der Waals surface area contributed by atoms with Crippen molar-refractivity contribution in [2.45, 2.75) is 43.4 Å². The Balaban J connectivity index is 1.24. The van der Waals surface area contributed by atoms with Crippen LogP contribution in [0.2, 0.25) is 0 Å². The van der Waals surface area contributed by atoms with E-state index in [9.17, 15) is 18.0 Å². The molecule has 2 aromatic carbocycles. The molecule has 0 bridgehead atoms. The minimum absolute atomic E-state index is 0.0462. The molecule has 3 aliphatic rings. The molecule has 5 rings (SSSR count). The summed E-state index contributed by atoms with van der Waals surface area (Å²) in [5.41, 5.74) is 4.04. The number of carbonyl (C=O) groups is 2. The SMILES string of the molecule is O=C(Nc1ccc(S(=O)(=O)N2CCCC2)cc1)C1CC(=O)N(c2ccc3c(c2)CCC3)C1. The van der Waals surface area contributed by atoms with Crippen LogP contribution in [0.3, 0.4) is 0 Å². The second kappa shape index (κ2) is 8.33. The van der Waals surface area contributed by atoms with E-state index in [1.807, 2.05) is 6.07 Å². The van der Waals surface area contributed by atoms with Crippen LogP contribution in [0.15, 0.2) is 47.4 Å². The molecule has 2 amide bonds. The van der Waals surface area contributed by atoms with Crippen LogP contribution in [0.25, 0.3) is 0 Å². The van der Waals surface area contributed by atoms with Gasteiger partial charge in [0.05, 0.1) is 10.8 Å². The maximum atomic E-state index is 12.8. The highest BCUT2D eigenvalue weighted by molar-refractivity contribution is 7.89. The number of fused-ring (bicyclic) bond motifs is 1. The van der Waals surface area contributed by atoms with Gasteiger partial charge in [-0.3, -0.25) is 9.59 Å². The fraction of sp³-hybridized carbons (Fsp3) is 0.417. The number of rotatable bonds is 5. The second-order valence-corrected chi connectivity index (χ2v) is 10.8. The lowest BCUT2D eigenvalue weighted by molar-refractivity contribution is -0.122. The Hall–Kier alpha value is -2.71. The summed E-state index contributed by atoms with van der Waals surface area (Å²) in [5, 5.41) is 2.84. The fourth-order valence-electron chi connectivity index (χ4n) is 4.89. The molecule has 2 fully saturated rings. The molecule has 1 atom stereocenters. The van der Waals surface area contributed by atoms with Crippen molar-refractivity contribution >= 4 is 33.2 Å². The molecule has 2 aromatic rings. The van der Waals surface area contributed by atoms with E-state index in [4.69, 9.17) is 0 Å². The minimum Gasteiger partial charge on any atom is -0.326 e. The van der Waals surface area contributed by atoms with Crippen LogP contribution in [0, 0.1) is 5.92 Å². The standard InChI is InChI=1S/C24H27N3O4S/c28-23-15-19(16-27(23)21-9-6-17-4-3-5-18(17)14-21)24(29)25-20-7-10-22(11-8-20)32(30,31)26-12-1-2-13-26/h6-11,14,19H,1-5,12-13,15-16H2,(H,25,29). The molecule has 0 aromatic heterocycles. The van der Waals surface area contributed by atoms with Crippen molar-refractivity contribution in [3.63, 3.8) is 0 Å². The molecule has 1 aliphatic carbocycles. The summed E-state index contributed by atoms with van der Waals surface area (Å²) in [4.78, 5) is 27.3. The largest absolute Gasteiger partial charge is 0.326 e. The van der Waals surface area contributed by atoms with Crippen molar-refractivity contribution < 1.29 is 18.0 Å². The predicted molar refractivity (Wildman–Crippen MR) is 122 cm³/mol. The number of anilines is 2. The fourth-order valence-corrected chi connectivity index (χ4v) is 6.41. The van der Waals surface area contributed by atoms with Crippen LogP contribution < -0.4 is 10.2 Å². The van der Waals surface area contributed by atoms with Crippen molar-refractivity contribution in [1.29, 1.82) is 0 Å². The molecule has 0 spiro atoms. The van der Waals surface area contributed by atoms with E-state index in [1.165, 1.54) is 27.6 Å². The van der Waals surface area contributed by atoms with Crippen molar-refractivity contribution in [3.8, 4) is 0 Å². The molecule has 168 valence electrons. The normalized spacial score (nSPS) is 21.2. The van der Waals surface area contributed by atoms with Crippen molar-refractivity contribution in [2.24, 2.45) is 5.92 Å². The number of aryl methyl sites for hydroxylation is 2. The van der Waals surface area contributed by atoms with Crippen LogP contribution in [-0.4, -0.2) is 44.2 Å². The van der Waals surface area contributed by atoms with Gasteiger partial charge in [-0.15, -0.1) is 0 Å². The van der Waals surface area contributed by atoms with Crippen LogP contribution in [-0.2, 0) is 32.5 Å². The molecule has 8 heteroatoms. The topological polar surface area (TPSA) is 86.8 Å². The number of nitrogens with zero attached hydrogens (tertiary/aromatic N) is 2. The summed E-state index contributed by atoms with van der Waals surface area (Å²) in [6.45, 7) is 1.46. The van der Waals surface area contributed by atoms with E-state index in [-0.39, 0.29) is 23.1 Å². The Morgan fingerprint density at radius 1 is 0.938 bits per heavy atom. The van der Waals surface area contributed by atoms with Gasteiger partial charge < -0.3 is 10.2 Å². The number of hydrogen-bond donors (Lipinski definition) is 1. The molecule has 2 heterocycles. The summed E-state index contributed by atoms with van der Waals surface area (Å²) in [6.07, 6.45) is 5.22. The van der Waals surface area contributed by atoms with E-state index in [0.29, 0.717) is 25.3 Å². The third kappa shape index (κ3) is 3.93. The highest BCUT2D eigenvalue weighted by Gasteiger charge is 2.35. The lowest BCUT2D eigenvalue weighted by atomic mass is 10.1. The van der Waals surface area contributed by atoms with E-state index < -0.39 is 15.9 Å². The van der Waals surface area contributed by atoms with Gasteiger partial charge >= 0.3 is 0 Å². The van der Waals surface area contributed by atoms with Crippen LogP contribution >= 0.6 is 0 Å². The lowest BCUT2D eigenvalue weighted by Gasteiger charge is -2.18. The van der Waals surface area contributed by atoms with Crippen molar-refractivity contribution in [2.75, 3.05) is 29.9 Å². The van der Waals surface area contributed by atoms with Crippen molar-refractivity contribution in [1.82, 2.24) is 4.31 Å². The van der Waals surface area contributed by atoms with E-state index in [2.05, 4.69) is 17.4 Å². The van der Waals surface area contributed by atoms with Gasteiger partial charge in [-0.25, -0.2) is 8.42 Å². The first-order chi connectivity index (χ1) is 15.4. The highest BCUT2D eigenvalue weighted by atomic mass is 32.2. The number of carbonyl (C=O) groups excluding carboxylic acids is 2. The van der Waals surface area contributed by atoms with E-state index in [0.717, 1.165) is 37.8 Å². The molecule has 0 radical (unpaired) electrons. The van der Waals surface area contributed by atoms with Gasteiger partial charge in [0, 0.05) is 37.4 Å². The zero-order valence-corrected chi connectivity index (χ0v) is 18.7. The van der Waals surface area contributed by atoms with Crippen LogP contribution in [0.4, 0.5) is 11.4 Å². The number of amides is 2. The summed E-state index contributed by atoms with van der Waals surface area (Å²) < 4.78 is 26.8. The Bertz CT molecular complexity index is 1150. The van der Waals surface area contributed by atoms with Crippen molar-refractivity contribution in [3.05, 3.63) is 53.6 Å². The van der Waals surface area contributed by atoms with Crippen LogP contribution in [0.5, 0.6) is 0 Å². The molecular formula is C24H27N3O4S. The second-order valence-electron chi connectivity index (χ2n) is 8.84. The maximum absolute atomic E-state index is 12.8. The smallest absolute Gasteiger partial charge is 0.243 e. The number of sulfonamides is 1. The Labute approximate surface area is 188 Å². The Morgan fingerprint density at radius 3 is 2.41 bits per heavy atom. The zero-order valence-electron chi connectivity index (χ0n) is 17.9.